The Morgan fingerprint density at radius 1 is 0.946 bits per heavy atom. The van der Waals surface area contributed by atoms with E-state index in [1.807, 2.05) is 19.9 Å². The molecule has 0 bridgehead atoms. The van der Waals surface area contributed by atoms with E-state index in [2.05, 4.69) is 6.08 Å². The van der Waals surface area contributed by atoms with Crippen LogP contribution in [0.5, 0.6) is 5.75 Å². The minimum atomic E-state index is -0.831. The maximum atomic E-state index is 15.0. The van der Waals surface area contributed by atoms with Crippen LogP contribution in [-0.2, 0) is 6.42 Å². The van der Waals surface area contributed by atoms with Gasteiger partial charge in [0.1, 0.15) is 0 Å². The minimum absolute atomic E-state index is 0.227. The van der Waals surface area contributed by atoms with Crippen molar-refractivity contribution in [1.82, 2.24) is 0 Å². The highest BCUT2D eigenvalue weighted by Crippen LogP contribution is 2.35. The first-order valence-electron chi connectivity index (χ1n) is 13.3. The smallest absolute Gasteiger partial charge is 0.166 e. The fourth-order valence-electron chi connectivity index (χ4n) is 5.08. The molecule has 0 radical (unpaired) electrons. The summed E-state index contributed by atoms with van der Waals surface area (Å²) in [5.41, 5.74) is 3.97. The average molecular weight is 509 g/mol. The van der Waals surface area contributed by atoms with Gasteiger partial charge in [0.15, 0.2) is 23.2 Å². The number of allylic oxidation sites excluding steroid dienone is 2. The van der Waals surface area contributed by atoms with Crippen LogP contribution in [0.25, 0.3) is 16.7 Å². The fraction of sp³-hybridized carbons (Fsp3) is 0.375. The van der Waals surface area contributed by atoms with Crippen LogP contribution >= 0.6 is 0 Å². The topological polar surface area (TPSA) is 29.5 Å². The third-order valence-electron chi connectivity index (χ3n) is 7.27. The van der Waals surface area contributed by atoms with E-state index in [1.54, 1.807) is 42.5 Å². The summed E-state index contributed by atoms with van der Waals surface area (Å²) in [6.07, 6.45) is 6.96. The lowest BCUT2D eigenvalue weighted by Crippen LogP contribution is -2.08. The molecule has 1 aliphatic carbocycles. The lowest BCUT2D eigenvalue weighted by molar-refractivity contribution is 0.166. The summed E-state index contributed by atoms with van der Waals surface area (Å²) < 4.78 is 49.4. The Balaban J connectivity index is 1.37. The van der Waals surface area contributed by atoms with Gasteiger partial charge < -0.3 is 9.84 Å². The summed E-state index contributed by atoms with van der Waals surface area (Å²) in [7, 11) is 0. The number of ether oxygens (including phenoxy) is 1. The van der Waals surface area contributed by atoms with E-state index in [4.69, 9.17) is 4.74 Å². The lowest BCUT2D eigenvalue weighted by atomic mass is 9.83. The van der Waals surface area contributed by atoms with Crippen molar-refractivity contribution < 1.29 is 23.0 Å². The van der Waals surface area contributed by atoms with Crippen LogP contribution in [0.1, 0.15) is 75.2 Å². The first kappa shape index (κ1) is 27.0. The van der Waals surface area contributed by atoms with Gasteiger partial charge in [-0.15, -0.1) is 0 Å². The summed E-state index contributed by atoms with van der Waals surface area (Å²) in [6.45, 7) is 4.25. The molecule has 0 fully saturated rings. The molecule has 0 spiro atoms. The molecule has 2 atom stereocenters. The maximum absolute atomic E-state index is 15.0. The second-order valence-electron chi connectivity index (χ2n) is 9.81. The second-order valence-corrected chi connectivity index (χ2v) is 9.81. The van der Waals surface area contributed by atoms with E-state index >= 15 is 0 Å². The SMILES string of the molecule is CCCC(O)c1ccc(-c2ccc(CCC3CC=C(c4ccc(OCC)c(F)c4)CC3)c(F)c2F)cc1. The Labute approximate surface area is 217 Å². The van der Waals surface area contributed by atoms with Crippen molar-refractivity contribution in [2.75, 3.05) is 6.61 Å². The van der Waals surface area contributed by atoms with E-state index < -0.39 is 17.7 Å². The van der Waals surface area contributed by atoms with E-state index in [0.29, 0.717) is 36.5 Å². The van der Waals surface area contributed by atoms with Crippen molar-refractivity contribution in [1.29, 1.82) is 0 Å². The molecule has 0 aromatic heterocycles. The molecule has 1 N–H and O–H groups in total. The summed E-state index contributed by atoms with van der Waals surface area (Å²) in [4.78, 5) is 0. The summed E-state index contributed by atoms with van der Waals surface area (Å²) in [5.74, 6) is -1.33. The molecule has 0 aliphatic heterocycles. The molecule has 0 saturated carbocycles. The molecule has 4 rings (SSSR count). The third kappa shape index (κ3) is 6.45. The van der Waals surface area contributed by atoms with E-state index in [9.17, 15) is 18.3 Å². The van der Waals surface area contributed by atoms with Gasteiger partial charge in [0.2, 0.25) is 0 Å². The molecule has 37 heavy (non-hydrogen) atoms. The molecule has 1 aliphatic rings. The standard InChI is InChI=1S/C32H35F3O2/c1-3-5-29(36)24-14-12-23(13-15-24)27-18-16-25(31(34)32(27)35)11-8-21-6-9-22(10-7-21)26-17-19-30(37-4-2)28(33)20-26/h9,12-21,29,36H,3-8,10-11H2,1-2H3. The molecule has 0 heterocycles. The van der Waals surface area contributed by atoms with Crippen molar-refractivity contribution in [3.05, 3.63) is 94.8 Å². The average Bonchev–Trinajstić information content (AvgIpc) is 2.91. The molecule has 5 heteroatoms. The highest BCUT2D eigenvalue weighted by atomic mass is 19.2. The zero-order valence-corrected chi connectivity index (χ0v) is 21.6. The number of aryl methyl sites for hydroxylation is 1. The summed E-state index contributed by atoms with van der Waals surface area (Å²) in [5, 5.41) is 10.1. The molecule has 196 valence electrons. The van der Waals surface area contributed by atoms with Gasteiger partial charge in [0.05, 0.1) is 12.7 Å². The monoisotopic (exact) mass is 508 g/mol. The summed E-state index contributed by atoms with van der Waals surface area (Å²) in [6, 6.07) is 15.4. The highest BCUT2D eigenvalue weighted by Gasteiger charge is 2.20. The number of rotatable bonds is 10. The maximum Gasteiger partial charge on any atom is 0.166 e. The normalized spacial score (nSPS) is 16.4. The molecular formula is C32H35F3O2. The van der Waals surface area contributed by atoms with Gasteiger partial charge in [0, 0.05) is 5.56 Å². The lowest BCUT2D eigenvalue weighted by Gasteiger charge is -2.22. The molecule has 2 nitrogen and oxygen atoms in total. The third-order valence-corrected chi connectivity index (χ3v) is 7.27. The fourth-order valence-corrected chi connectivity index (χ4v) is 5.08. The zero-order valence-electron chi connectivity index (χ0n) is 21.6. The number of aliphatic hydroxyl groups is 1. The Hall–Kier alpha value is -3.05. The van der Waals surface area contributed by atoms with Crippen molar-refractivity contribution in [2.24, 2.45) is 5.92 Å². The van der Waals surface area contributed by atoms with Gasteiger partial charge in [-0.3, -0.25) is 0 Å². The largest absolute Gasteiger partial charge is 0.491 e. The second kappa shape index (κ2) is 12.5. The molecule has 2 unspecified atom stereocenters. The summed E-state index contributed by atoms with van der Waals surface area (Å²) >= 11 is 0. The first-order valence-corrected chi connectivity index (χ1v) is 13.3. The zero-order chi connectivity index (χ0) is 26.4. The van der Waals surface area contributed by atoms with Crippen molar-refractivity contribution in [3.8, 4) is 16.9 Å². The Bertz CT molecular complexity index is 1230. The van der Waals surface area contributed by atoms with Crippen LogP contribution in [-0.4, -0.2) is 11.7 Å². The van der Waals surface area contributed by atoms with E-state index in [0.717, 1.165) is 48.8 Å². The van der Waals surface area contributed by atoms with Crippen LogP contribution < -0.4 is 4.74 Å². The van der Waals surface area contributed by atoms with Crippen LogP contribution in [0.3, 0.4) is 0 Å². The molecule has 3 aromatic rings. The molecule has 3 aromatic carbocycles. The van der Waals surface area contributed by atoms with E-state index in [1.165, 1.54) is 6.07 Å². The number of hydrogen-bond donors (Lipinski definition) is 1. The quantitative estimate of drug-likeness (QED) is 0.296. The number of benzene rings is 3. The van der Waals surface area contributed by atoms with Crippen LogP contribution in [0.2, 0.25) is 0 Å². The van der Waals surface area contributed by atoms with Crippen molar-refractivity contribution in [2.45, 2.75) is 64.9 Å². The molecule has 0 saturated heterocycles. The van der Waals surface area contributed by atoms with Gasteiger partial charge in [-0.25, -0.2) is 13.2 Å². The van der Waals surface area contributed by atoms with Crippen LogP contribution in [0.4, 0.5) is 13.2 Å². The van der Waals surface area contributed by atoms with Crippen molar-refractivity contribution in [3.63, 3.8) is 0 Å². The number of halogens is 3. The molecular weight excluding hydrogens is 473 g/mol. The van der Waals surface area contributed by atoms with Gasteiger partial charge >= 0.3 is 0 Å². The van der Waals surface area contributed by atoms with Crippen molar-refractivity contribution >= 4 is 5.57 Å². The highest BCUT2D eigenvalue weighted by molar-refractivity contribution is 5.67. The minimum Gasteiger partial charge on any atom is -0.491 e. The van der Waals surface area contributed by atoms with E-state index in [-0.39, 0.29) is 17.1 Å². The predicted molar refractivity (Wildman–Crippen MR) is 143 cm³/mol. The Kier molecular flexibility index (Phi) is 9.09. The van der Waals surface area contributed by atoms with Gasteiger partial charge in [0.25, 0.3) is 0 Å². The van der Waals surface area contributed by atoms with Gasteiger partial charge in [-0.05, 0) is 91.3 Å². The molecule has 0 amide bonds. The number of aliphatic hydroxyl groups excluding tert-OH is 1. The van der Waals surface area contributed by atoms with Gasteiger partial charge in [-0.2, -0.15) is 0 Å². The Morgan fingerprint density at radius 2 is 1.70 bits per heavy atom. The number of hydrogen-bond acceptors (Lipinski definition) is 2. The van der Waals surface area contributed by atoms with Gasteiger partial charge in [-0.1, -0.05) is 61.9 Å². The predicted octanol–water partition coefficient (Wildman–Crippen LogP) is 8.82. The Morgan fingerprint density at radius 3 is 2.35 bits per heavy atom. The first-order chi connectivity index (χ1) is 17.9. The van der Waals surface area contributed by atoms with Crippen LogP contribution in [0.15, 0.2) is 60.7 Å². The van der Waals surface area contributed by atoms with Crippen LogP contribution in [0, 0.1) is 23.4 Å².